The Morgan fingerprint density at radius 1 is 0.358 bits per heavy atom. The molecule has 10 rings (SSSR count). The molecule has 252 valence electrons. The van der Waals surface area contributed by atoms with Gasteiger partial charge in [0.1, 0.15) is 11.2 Å². The molecule has 53 heavy (non-hydrogen) atoms. The number of furan rings is 1. The van der Waals surface area contributed by atoms with E-state index in [1.165, 1.54) is 44.5 Å². The quantitative estimate of drug-likeness (QED) is 0.174. The third kappa shape index (κ3) is 5.26. The van der Waals surface area contributed by atoms with Crippen LogP contribution in [0.5, 0.6) is 0 Å². The standard InChI is InChI=1S/C51H37NO/c1-51(2)47-19-11-9-17-43(47)44-27-26-41(33-48(44)51)52(42-30-38(34-13-5-3-6-14-34)29-39(31-42)35-15-7-4-8-16-35)40-24-21-36(22-25-40)37-23-28-50-46(32-37)45-18-10-12-20-49(45)53-50/h3-33H,1-2H3. The first-order chi connectivity index (χ1) is 26.0. The normalized spacial score (nSPS) is 12.9. The van der Waals surface area contributed by atoms with E-state index in [0.717, 1.165) is 50.1 Å². The van der Waals surface area contributed by atoms with Gasteiger partial charge < -0.3 is 9.32 Å². The zero-order valence-electron chi connectivity index (χ0n) is 29.8. The smallest absolute Gasteiger partial charge is 0.135 e. The average molecular weight is 680 g/mol. The number of para-hydroxylation sites is 1. The Morgan fingerprint density at radius 3 is 1.66 bits per heavy atom. The van der Waals surface area contributed by atoms with E-state index in [1.807, 2.05) is 12.1 Å². The van der Waals surface area contributed by atoms with Crippen LogP contribution in [-0.4, -0.2) is 0 Å². The van der Waals surface area contributed by atoms with Crippen LogP contribution >= 0.6 is 0 Å². The molecule has 2 nitrogen and oxygen atoms in total. The van der Waals surface area contributed by atoms with Crippen molar-refractivity contribution in [1.29, 1.82) is 0 Å². The molecule has 0 saturated carbocycles. The monoisotopic (exact) mass is 679 g/mol. The minimum atomic E-state index is -0.117. The van der Waals surface area contributed by atoms with Crippen LogP contribution in [-0.2, 0) is 5.41 Å². The molecule has 0 saturated heterocycles. The number of hydrogen-bond acceptors (Lipinski definition) is 2. The van der Waals surface area contributed by atoms with E-state index >= 15 is 0 Å². The maximum atomic E-state index is 6.14. The van der Waals surface area contributed by atoms with Crippen LogP contribution in [0.3, 0.4) is 0 Å². The third-order valence-corrected chi connectivity index (χ3v) is 11.1. The van der Waals surface area contributed by atoms with E-state index in [1.54, 1.807) is 0 Å². The van der Waals surface area contributed by atoms with Crippen LogP contribution in [0, 0.1) is 0 Å². The summed E-state index contributed by atoms with van der Waals surface area (Å²) in [4.78, 5) is 2.43. The number of anilines is 3. The van der Waals surface area contributed by atoms with Gasteiger partial charge in [0, 0.05) is 33.2 Å². The molecule has 0 unspecified atom stereocenters. The van der Waals surface area contributed by atoms with Gasteiger partial charge in [0.25, 0.3) is 0 Å². The number of hydrogen-bond donors (Lipinski definition) is 0. The largest absolute Gasteiger partial charge is 0.456 e. The van der Waals surface area contributed by atoms with Crippen molar-refractivity contribution in [3.63, 3.8) is 0 Å². The number of nitrogens with zero attached hydrogens (tertiary/aromatic N) is 1. The Bertz CT molecular complexity index is 2730. The molecule has 2 heteroatoms. The second-order valence-corrected chi connectivity index (χ2v) is 14.6. The summed E-state index contributed by atoms with van der Waals surface area (Å²) in [6.07, 6.45) is 0. The minimum Gasteiger partial charge on any atom is -0.456 e. The molecular formula is C51H37NO. The maximum absolute atomic E-state index is 6.14. The Morgan fingerprint density at radius 2 is 0.925 bits per heavy atom. The molecular weight excluding hydrogens is 643 g/mol. The van der Waals surface area contributed by atoms with Gasteiger partial charge in [-0.2, -0.15) is 0 Å². The van der Waals surface area contributed by atoms with E-state index in [4.69, 9.17) is 4.42 Å². The summed E-state index contributed by atoms with van der Waals surface area (Å²) in [5, 5.41) is 2.28. The molecule has 1 aliphatic rings. The summed E-state index contributed by atoms with van der Waals surface area (Å²) in [5.74, 6) is 0. The average Bonchev–Trinajstić information content (AvgIpc) is 3.70. The van der Waals surface area contributed by atoms with Crippen molar-refractivity contribution < 1.29 is 4.42 Å². The first kappa shape index (κ1) is 31.1. The molecule has 0 spiro atoms. The molecule has 9 aromatic rings. The highest BCUT2D eigenvalue weighted by Crippen LogP contribution is 2.51. The van der Waals surface area contributed by atoms with Crippen molar-refractivity contribution in [3.8, 4) is 44.5 Å². The van der Waals surface area contributed by atoms with Gasteiger partial charge in [-0.05, 0) is 116 Å². The summed E-state index contributed by atoms with van der Waals surface area (Å²) in [5.41, 5.74) is 17.5. The molecule has 0 N–H and O–H groups in total. The number of rotatable bonds is 6. The van der Waals surface area contributed by atoms with Crippen molar-refractivity contribution in [3.05, 3.63) is 199 Å². The van der Waals surface area contributed by atoms with Crippen LogP contribution in [0.2, 0.25) is 0 Å². The van der Waals surface area contributed by atoms with Gasteiger partial charge in [0.2, 0.25) is 0 Å². The first-order valence-corrected chi connectivity index (χ1v) is 18.3. The molecule has 0 fully saturated rings. The zero-order chi connectivity index (χ0) is 35.5. The predicted octanol–water partition coefficient (Wildman–Crippen LogP) is 14.4. The van der Waals surface area contributed by atoms with Crippen LogP contribution < -0.4 is 4.90 Å². The Kier molecular flexibility index (Phi) is 7.19. The topological polar surface area (TPSA) is 16.4 Å². The van der Waals surface area contributed by atoms with Crippen molar-refractivity contribution in [1.82, 2.24) is 0 Å². The molecule has 0 bridgehead atoms. The molecule has 8 aromatic carbocycles. The number of benzene rings is 8. The zero-order valence-corrected chi connectivity index (χ0v) is 29.8. The van der Waals surface area contributed by atoms with E-state index in [0.29, 0.717) is 0 Å². The van der Waals surface area contributed by atoms with Gasteiger partial charge in [0.15, 0.2) is 0 Å². The van der Waals surface area contributed by atoms with Gasteiger partial charge in [-0.25, -0.2) is 0 Å². The van der Waals surface area contributed by atoms with E-state index in [9.17, 15) is 0 Å². The van der Waals surface area contributed by atoms with Crippen molar-refractivity contribution in [2.75, 3.05) is 4.90 Å². The van der Waals surface area contributed by atoms with Crippen LogP contribution in [0.15, 0.2) is 192 Å². The van der Waals surface area contributed by atoms with Crippen LogP contribution in [0.25, 0.3) is 66.4 Å². The van der Waals surface area contributed by atoms with Gasteiger partial charge in [-0.3, -0.25) is 0 Å². The summed E-state index contributed by atoms with van der Waals surface area (Å²) < 4.78 is 6.14. The molecule has 0 aliphatic heterocycles. The molecule has 0 atom stereocenters. The Hall–Kier alpha value is -6.64. The lowest BCUT2D eigenvalue weighted by Crippen LogP contribution is -2.16. The Balaban J connectivity index is 1.15. The van der Waals surface area contributed by atoms with Gasteiger partial charge >= 0.3 is 0 Å². The third-order valence-electron chi connectivity index (χ3n) is 11.1. The summed E-state index contributed by atoms with van der Waals surface area (Å²) in [6.45, 7) is 4.70. The SMILES string of the molecule is CC1(C)c2ccccc2-c2ccc(N(c3ccc(-c4ccc5oc6ccccc6c5c4)cc3)c3cc(-c4ccccc4)cc(-c4ccccc4)c3)cc21. The van der Waals surface area contributed by atoms with Crippen molar-refractivity contribution in [2.24, 2.45) is 0 Å². The van der Waals surface area contributed by atoms with E-state index < -0.39 is 0 Å². The first-order valence-electron chi connectivity index (χ1n) is 18.3. The van der Waals surface area contributed by atoms with Crippen LogP contribution in [0.1, 0.15) is 25.0 Å². The Labute approximate surface area is 310 Å². The molecule has 1 aliphatic carbocycles. The highest BCUT2D eigenvalue weighted by molar-refractivity contribution is 6.06. The molecule has 1 aromatic heterocycles. The summed E-state index contributed by atoms with van der Waals surface area (Å²) in [7, 11) is 0. The summed E-state index contributed by atoms with van der Waals surface area (Å²) in [6, 6.07) is 68.1. The minimum absolute atomic E-state index is 0.117. The lowest BCUT2D eigenvalue weighted by atomic mass is 9.82. The maximum Gasteiger partial charge on any atom is 0.135 e. The van der Waals surface area contributed by atoms with Crippen molar-refractivity contribution >= 4 is 39.0 Å². The fraction of sp³-hybridized carbons (Fsp3) is 0.0588. The summed E-state index contributed by atoms with van der Waals surface area (Å²) >= 11 is 0. The van der Waals surface area contributed by atoms with Gasteiger partial charge in [-0.1, -0.05) is 141 Å². The molecule has 1 heterocycles. The lowest BCUT2D eigenvalue weighted by Gasteiger charge is -2.29. The lowest BCUT2D eigenvalue weighted by molar-refractivity contribution is 0.660. The van der Waals surface area contributed by atoms with Crippen LogP contribution in [0.4, 0.5) is 17.1 Å². The van der Waals surface area contributed by atoms with Gasteiger partial charge in [-0.15, -0.1) is 0 Å². The molecule has 0 amide bonds. The number of fused-ring (bicyclic) bond motifs is 6. The van der Waals surface area contributed by atoms with E-state index in [2.05, 4.69) is 195 Å². The van der Waals surface area contributed by atoms with E-state index in [-0.39, 0.29) is 5.41 Å². The fourth-order valence-corrected chi connectivity index (χ4v) is 8.32. The highest BCUT2D eigenvalue weighted by atomic mass is 16.3. The van der Waals surface area contributed by atoms with Crippen molar-refractivity contribution in [2.45, 2.75) is 19.3 Å². The van der Waals surface area contributed by atoms with Gasteiger partial charge in [0.05, 0.1) is 0 Å². The second-order valence-electron chi connectivity index (χ2n) is 14.6. The highest BCUT2D eigenvalue weighted by Gasteiger charge is 2.35. The molecule has 0 radical (unpaired) electrons. The fourth-order valence-electron chi connectivity index (χ4n) is 8.32. The predicted molar refractivity (Wildman–Crippen MR) is 222 cm³/mol. The second kappa shape index (κ2) is 12.3.